The van der Waals surface area contributed by atoms with E-state index in [1.54, 1.807) is 24.3 Å². The molecule has 2 rings (SSSR count). The molecule has 6 nitrogen and oxygen atoms in total. The summed E-state index contributed by atoms with van der Waals surface area (Å²) in [7, 11) is -3.16. The molecular weight excluding hydrogens is 330 g/mol. The molecule has 0 bridgehead atoms. The van der Waals surface area contributed by atoms with Crippen molar-refractivity contribution in [3.63, 3.8) is 0 Å². The predicted octanol–water partition coefficient (Wildman–Crippen LogP) is 1.41. The van der Waals surface area contributed by atoms with Gasteiger partial charge < -0.3 is 10.4 Å². The standard InChI is InChI=1S/C14H16ClNO5S/c15-11-3-1-9(2-4-11)12(7-13(17)18)16-14(19)10-5-6-22(20,21)8-10/h1-4,10,12H,5-8H2,(H,16,19)(H,17,18)/t10?,12-/m0/s1. The van der Waals surface area contributed by atoms with Gasteiger partial charge in [0.2, 0.25) is 5.91 Å². The Morgan fingerprint density at radius 2 is 1.95 bits per heavy atom. The molecular formula is C14H16ClNO5S. The van der Waals surface area contributed by atoms with Crippen molar-refractivity contribution in [1.82, 2.24) is 5.32 Å². The van der Waals surface area contributed by atoms with E-state index in [1.807, 2.05) is 0 Å². The Balaban J connectivity index is 2.11. The topological polar surface area (TPSA) is 101 Å². The molecule has 1 saturated heterocycles. The zero-order valence-corrected chi connectivity index (χ0v) is 13.2. The van der Waals surface area contributed by atoms with Crippen LogP contribution in [-0.2, 0) is 19.4 Å². The number of carbonyl (C=O) groups excluding carboxylic acids is 1. The van der Waals surface area contributed by atoms with Crippen LogP contribution in [0.25, 0.3) is 0 Å². The Morgan fingerprint density at radius 3 is 2.45 bits per heavy atom. The first-order valence-electron chi connectivity index (χ1n) is 6.75. The van der Waals surface area contributed by atoms with E-state index in [4.69, 9.17) is 16.7 Å². The average Bonchev–Trinajstić information content (AvgIpc) is 2.79. The summed E-state index contributed by atoms with van der Waals surface area (Å²) >= 11 is 5.79. The predicted molar refractivity (Wildman–Crippen MR) is 81.3 cm³/mol. The highest BCUT2D eigenvalue weighted by molar-refractivity contribution is 7.91. The van der Waals surface area contributed by atoms with E-state index in [2.05, 4.69) is 5.32 Å². The number of carbonyl (C=O) groups is 2. The van der Waals surface area contributed by atoms with Crippen LogP contribution in [-0.4, -0.2) is 36.9 Å². The molecule has 0 aromatic heterocycles. The molecule has 1 unspecified atom stereocenters. The van der Waals surface area contributed by atoms with Gasteiger partial charge in [-0.1, -0.05) is 23.7 Å². The molecule has 120 valence electrons. The molecule has 2 atom stereocenters. The number of hydrogen-bond acceptors (Lipinski definition) is 4. The van der Waals surface area contributed by atoms with Gasteiger partial charge in [-0.15, -0.1) is 0 Å². The van der Waals surface area contributed by atoms with Crippen molar-refractivity contribution >= 4 is 33.3 Å². The summed E-state index contributed by atoms with van der Waals surface area (Å²) in [6, 6.07) is 5.78. The molecule has 1 heterocycles. The Bertz CT molecular complexity index is 671. The second kappa shape index (κ2) is 6.66. The van der Waals surface area contributed by atoms with Crippen molar-refractivity contribution in [3.05, 3.63) is 34.9 Å². The first kappa shape index (κ1) is 16.8. The summed E-state index contributed by atoms with van der Waals surface area (Å²) < 4.78 is 22.9. The fourth-order valence-electron chi connectivity index (χ4n) is 2.41. The number of sulfone groups is 1. The van der Waals surface area contributed by atoms with E-state index in [1.165, 1.54) is 0 Å². The Kier molecular flexibility index (Phi) is 5.08. The molecule has 1 fully saturated rings. The summed E-state index contributed by atoms with van der Waals surface area (Å²) in [5.41, 5.74) is 0.612. The van der Waals surface area contributed by atoms with Crippen molar-refractivity contribution in [1.29, 1.82) is 0 Å². The van der Waals surface area contributed by atoms with Gasteiger partial charge in [-0.3, -0.25) is 9.59 Å². The third-order valence-corrected chi connectivity index (χ3v) is 5.59. The van der Waals surface area contributed by atoms with Gasteiger partial charge in [0.15, 0.2) is 9.84 Å². The lowest BCUT2D eigenvalue weighted by molar-refractivity contribution is -0.137. The second-order valence-electron chi connectivity index (χ2n) is 5.31. The lowest BCUT2D eigenvalue weighted by atomic mass is 10.0. The molecule has 0 saturated carbocycles. The molecule has 1 aliphatic heterocycles. The number of rotatable bonds is 5. The van der Waals surface area contributed by atoms with Gasteiger partial charge in [0.25, 0.3) is 0 Å². The first-order chi connectivity index (χ1) is 10.3. The zero-order valence-electron chi connectivity index (χ0n) is 11.7. The Morgan fingerprint density at radius 1 is 1.32 bits per heavy atom. The summed E-state index contributed by atoms with van der Waals surface area (Å²) in [4.78, 5) is 23.2. The fraction of sp³-hybridized carbons (Fsp3) is 0.429. The summed E-state index contributed by atoms with van der Waals surface area (Å²) in [6.07, 6.45) is -0.0125. The van der Waals surface area contributed by atoms with Crippen LogP contribution in [0, 0.1) is 5.92 Å². The minimum atomic E-state index is -3.16. The van der Waals surface area contributed by atoms with Gasteiger partial charge in [0.1, 0.15) is 0 Å². The number of nitrogens with one attached hydrogen (secondary N) is 1. The molecule has 0 aliphatic carbocycles. The average molecular weight is 346 g/mol. The summed E-state index contributed by atoms with van der Waals surface area (Å²) in [6.45, 7) is 0. The number of carboxylic acid groups (broad SMARTS) is 1. The maximum absolute atomic E-state index is 12.2. The van der Waals surface area contributed by atoms with Crippen molar-refractivity contribution in [2.75, 3.05) is 11.5 Å². The molecule has 1 aromatic rings. The number of hydrogen-bond donors (Lipinski definition) is 2. The third kappa shape index (κ3) is 4.45. The van der Waals surface area contributed by atoms with Crippen molar-refractivity contribution in [2.24, 2.45) is 5.92 Å². The molecule has 2 N–H and O–H groups in total. The normalized spacial score (nSPS) is 21.2. The summed E-state index contributed by atoms with van der Waals surface area (Å²) in [5.74, 6) is -2.29. The van der Waals surface area contributed by atoms with Crippen molar-refractivity contribution in [2.45, 2.75) is 18.9 Å². The third-order valence-electron chi connectivity index (χ3n) is 3.57. The van der Waals surface area contributed by atoms with Crippen LogP contribution < -0.4 is 5.32 Å². The lowest BCUT2D eigenvalue weighted by Crippen LogP contribution is -2.35. The van der Waals surface area contributed by atoms with Gasteiger partial charge in [-0.05, 0) is 24.1 Å². The van der Waals surface area contributed by atoms with Crippen LogP contribution in [0.5, 0.6) is 0 Å². The van der Waals surface area contributed by atoms with E-state index >= 15 is 0 Å². The highest BCUT2D eigenvalue weighted by atomic mass is 35.5. The minimum Gasteiger partial charge on any atom is -0.481 e. The van der Waals surface area contributed by atoms with E-state index in [0.29, 0.717) is 10.6 Å². The van der Waals surface area contributed by atoms with Crippen LogP contribution in [0.1, 0.15) is 24.4 Å². The van der Waals surface area contributed by atoms with Crippen molar-refractivity contribution < 1.29 is 23.1 Å². The van der Waals surface area contributed by atoms with Crippen molar-refractivity contribution in [3.8, 4) is 0 Å². The van der Waals surface area contributed by atoms with Gasteiger partial charge in [0.05, 0.1) is 29.9 Å². The molecule has 0 spiro atoms. The number of aliphatic carboxylic acids is 1. The van der Waals surface area contributed by atoms with Gasteiger partial charge in [0, 0.05) is 5.02 Å². The number of benzene rings is 1. The Labute approximate surface area is 133 Å². The van der Waals surface area contributed by atoms with E-state index in [9.17, 15) is 18.0 Å². The molecule has 0 radical (unpaired) electrons. The van der Waals surface area contributed by atoms with Crippen LogP contribution in [0.15, 0.2) is 24.3 Å². The highest BCUT2D eigenvalue weighted by Crippen LogP contribution is 2.23. The SMILES string of the molecule is O=C(O)C[C@H](NC(=O)C1CCS(=O)(=O)C1)c1ccc(Cl)cc1. The van der Waals surface area contributed by atoms with E-state index in [-0.39, 0.29) is 24.3 Å². The zero-order chi connectivity index (χ0) is 16.3. The fourth-order valence-corrected chi connectivity index (χ4v) is 4.28. The van der Waals surface area contributed by atoms with E-state index in [0.717, 1.165) is 0 Å². The van der Waals surface area contributed by atoms with Gasteiger partial charge >= 0.3 is 5.97 Å². The smallest absolute Gasteiger partial charge is 0.305 e. The molecule has 8 heteroatoms. The van der Waals surface area contributed by atoms with Crippen LogP contribution in [0.2, 0.25) is 5.02 Å². The van der Waals surface area contributed by atoms with Gasteiger partial charge in [-0.2, -0.15) is 0 Å². The maximum Gasteiger partial charge on any atom is 0.305 e. The monoisotopic (exact) mass is 345 g/mol. The number of carboxylic acids is 1. The molecule has 1 aromatic carbocycles. The molecule has 1 amide bonds. The van der Waals surface area contributed by atoms with Crippen LogP contribution in [0.3, 0.4) is 0 Å². The second-order valence-corrected chi connectivity index (χ2v) is 7.98. The first-order valence-corrected chi connectivity index (χ1v) is 8.95. The summed E-state index contributed by atoms with van der Waals surface area (Å²) in [5, 5.41) is 12.1. The van der Waals surface area contributed by atoms with Crippen LogP contribution in [0.4, 0.5) is 0 Å². The molecule has 1 aliphatic rings. The minimum absolute atomic E-state index is 0.00434. The van der Waals surface area contributed by atoms with E-state index < -0.39 is 33.7 Å². The highest BCUT2D eigenvalue weighted by Gasteiger charge is 2.34. The maximum atomic E-state index is 12.2. The Hall–Kier alpha value is -1.60. The van der Waals surface area contributed by atoms with Gasteiger partial charge in [-0.25, -0.2) is 8.42 Å². The number of halogens is 1. The van der Waals surface area contributed by atoms with Crippen LogP contribution >= 0.6 is 11.6 Å². The molecule has 22 heavy (non-hydrogen) atoms. The largest absolute Gasteiger partial charge is 0.481 e. The number of amides is 1. The quantitative estimate of drug-likeness (QED) is 0.840. The lowest BCUT2D eigenvalue weighted by Gasteiger charge is -2.19.